The highest BCUT2D eigenvalue weighted by Gasteiger charge is 2.29. The van der Waals surface area contributed by atoms with Crippen LogP contribution in [0.2, 0.25) is 15.2 Å². The van der Waals surface area contributed by atoms with Gasteiger partial charge in [-0.1, -0.05) is 53.0 Å². The molecule has 1 atom stereocenters. The Kier molecular flexibility index (Phi) is 9.46. The zero-order valence-electron chi connectivity index (χ0n) is 22.7. The van der Waals surface area contributed by atoms with Crippen LogP contribution in [-0.2, 0) is 20.8 Å². The monoisotopic (exact) mass is 604 g/mol. The van der Waals surface area contributed by atoms with E-state index in [2.05, 4.69) is 10.4 Å². The molecule has 2 heterocycles. The van der Waals surface area contributed by atoms with Crippen LogP contribution in [0.3, 0.4) is 0 Å². The molecule has 1 fully saturated rings. The molecule has 4 rings (SSSR count). The summed E-state index contributed by atoms with van der Waals surface area (Å²) in [6, 6.07) is 12.6. The Bertz CT molecular complexity index is 1390. The summed E-state index contributed by atoms with van der Waals surface area (Å²) in [5.41, 5.74) is 2.95. The highest BCUT2D eigenvalue weighted by atomic mass is 35.5. The van der Waals surface area contributed by atoms with Gasteiger partial charge in [0.25, 0.3) is 0 Å². The fourth-order valence-corrected chi connectivity index (χ4v) is 4.98. The molecular weight excluding hydrogens is 575 g/mol. The second-order valence-electron chi connectivity index (χ2n) is 10.4. The smallest absolute Gasteiger partial charge is 0.410 e. The third-order valence-electron chi connectivity index (χ3n) is 6.15. The number of hydrogen-bond donors (Lipinski definition) is 1. The molecule has 2 aromatic carbocycles. The summed E-state index contributed by atoms with van der Waals surface area (Å²) in [5.74, 6) is -0.324. The quantitative estimate of drug-likeness (QED) is 0.301. The number of rotatable bonds is 6. The van der Waals surface area contributed by atoms with Crippen LogP contribution < -0.4 is 5.32 Å². The van der Waals surface area contributed by atoms with E-state index in [1.54, 1.807) is 46.0 Å². The average molecular weight is 606 g/mol. The van der Waals surface area contributed by atoms with Gasteiger partial charge in [-0.15, -0.1) is 0 Å². The van der Waals surface area contributed by atoms with Gasteiger partial charge in [0.2, 0.25) is 5.91 Å². The molecule has 1 aliphatic heterocycles. The Labute approximate surface area is 248 Å². The molecule has 212 valence electrons. The molecule has 1 saturated heterocycles. The van der Waals surface area contributed by atoms with Crippen molar-refractivity contribution in [1.29, 1.82) is 0 Å². The maximum atomic E-state index is 12.6. The van der Waals surface area contributed by atoms with Gasteiger partial charge in [0.15, 0.2) is 0 Å². The van der Waals surface area contributed by atoms with Crippen molar-refractivity contribution in [3.63, 3.8) is 0 Å². The molecule has 1 aromatic heterocycles. The number of anilines is 1. The molecule has 11 heteroatoms. The van der Waals surface area contributed by atoms with Crippen LogP contribution in [0.15, 0.2) is 48.5 Å². The van der Waals surface area contributed by atoms with Crippen LogP contribution in [0, 0.1) is 6.92 Å². The number of halogens is 3. The predicted octanol–water partition coefficient (Wildman–Crippen LogP) is 7.16. The minimum Gasteiger partial charge on any atom is -0.444 e. The van der Waals surface area contributed by atoms with Gasteiger partial charge < -0.3 is 19.7 Å². The Morgan fingerprint density at radius 1 is 1.12 bits per heavy atom. The number of carbonyl (C=O) groups excluding carboxylic acids is 2. The van der Waals surface area contributed by atoms with E-state index in [1.807, 2.05) is 39.8 Å². The molecule has 2 amide bonds. The number of nitrogens with one attached hydrogen (secondary N) is 1. The van der Waals surface area contributed by atoms with Gasteiger partial charge >= 0.3 is 6.09 Å². The number of amides is 2. The summed E-state index contributed by atoms with van der Waals surface area (Å²) in [4.78, 5) is 26.7. The molecule has 0 aliphatic carbocycles. The van der Waals surface area contributed by atoms with Gasteiger partial charge in [-0.05, 0) is 63.6 Å². The van der Waals surface area contributed by atoms with Crippen molar-refractivity contribution in [3.8, 4) is 0 Å². The van der Waals surface area contributed by atoms with Gasteiger partial charge in [-0.25, -0.2) is 9.48 Å². The standard InChI is InChI=1S/C29H31Cl3N4O4/c1-18-21(27(32)36(34-18)16-22-23(30)6-5-7-24(22)31)12-13-26(37)33-20-10-8-19(9-11-20)25-17-35(14-15-39-25)28(38)40-29(2,3)4/h5-13,25H,14-17H2,1-4H3,(H,33,37)/b13-12+. The number of ether oxygens (including phenoxy) is 2. The van der Waals surface area contributed by atoms with Gasteiger partial charge in [-0.3, -0.25) is 4.79 Å². The Morgan fingerprint density at radius 3 is 2.45 bits per heavy atom. The number of nitrogens with zero attached hydrogens (tertiary/aromatic N) is 3. The zero-order valence-corrected chi connectivity index (χ0v) is 25.0. The summed E-state index contributed by atoms with van der Waals surface area (Å²) in [6.07, 6.45) is 2.39. The number of carbonyl (C=O) groups is 2. The lowest BCUT2D eigenvalue weighted by atomic mass is 10.1. The van der Waals surface area contributed by atoms with Crippen molar-refractivity contribution < 1.29 is 19.1 Å². The van der Waals surface area contributed by atoms with E-state index < -0.39 is 5.60 Å². The highest BCUT2D eigenvalue weighted by Crippen LogP contribution is 2.29. The Balaban J connectivity index is 1.37. The number of morpholine rings is 1. The van der Waals surface area contributed by atoms with E-state index in [-0.39, 0.29) is 18.1 Å². The third-order valence-corrected chi connectivity index (χ3v) is 7.26. The first kappa shape index (κ1) is 29.9. The first-order valence-corrected chi connectivity index (χ1v) is 13.9. The van der Waals surface area contributed by atoms with Crippen LogP contribution >= 0.6 is 34.8 Å². The second-order valence-corrected chi connectivity index (χ2v) is 11.6. The molecular formula is C29H31Cl3N4O4. The number of benzene rings is 2. The SMILES string of the molecule is Cc1nn(Cc2c(Cl)cccc2Cl)c(Cl)c1/C=C/C(=O)Nc1ccc(C2CN(C(=O)OC(C)(C)C)CCO2)cc1. The lowest BCUT2D eigenvalue weighted by Crippen LogP contribution is -2.44. The van der Waals surface area contributed by atoms with Crippen molar-refractivity contribution in [2.75, 3.05) is 25.0 Å². The summed E-state index contributed by atoms with van der Waals surface area (Å²) < 4.78 is 13.0. The molecule has 0 saturated carbocycles. The first-order chi connectivity index (χ1) is 18.9. The lowest BCUT2D eigenvalue weighted by molar-refractivity contribution is -0.111. The second kappa shape index (κ2) is 12.6. The summed E-state index contributed by atoms with van der Waals surface area (Å²) >= 11 is 19.1. The van der Waals surface area contributed by atoms with Crippen LogP contribution in [-0.4, -0.2) is 52.0 Å². The maximum Gasteiger partial charge on any atom is 0.410 e. The predicted molar refractivity (Wildman–Crippen MR) is 158 cm³/mol. The van der Waals surface area contributed by atoms with Crippen LogP contribution in [0.1, 0.15) is 49.3 Å². The molecule has 1 aliphatic rings. The topological polar surface area (TPSA) is 85.7 Å². The number of aromatic nitrogens is 2. The molecule has 0 bridgehead atoms. The summed E-state index contributed by atoms with van der Waals surface area (Å²) in [7, 11) is 0. The number of hydrogen-bond acceptors (Lipinski definition) is 5. The molecule has 0 spiro atoms. The minimum atomic E-state index is -0.561. The summed E-state index contributed by atoms with van der Waals surface area (Å²) in [5, 5.41) is 8.73. The van der Waals surface area contributed by atoms with Crippen molar-refractivity contribution in [2.24, 2.45) is 0 Å². The van der Waals surface area contributed by atoms with E-state index in [4.69, 9.17) is 44.3 Å². The largest absolute Gasteiger partial charge is 0.444 e. The van der Waals surface area contributed by atoms with E-state index in [0.29, 0.717) is 63.9 Å². The molecule has 1 unspecified atom stereocenters. The highest BCUT2D eigenvalue weighted by molar-refractivity contribution is 6.36. The number of aryl methyl sites for hydroxylation is 1. The molecule has 1 N–H and O–H groups in total. The molecule has 8 nitrogen and oxygen atoms in total. The van der Waals surface area contributed by atoms with Crippen LogP contribution in [0.5, 0.6) is 0 Å². The van der Waals surface area contributed by atoms with E-state index >= 15 is 0 Å². The average Bonchev–Trinajstić information content (AvgIpc) is 3.16. The Morgan fingerprint density at radius 2 is 1.80 bits per heavy atom. The normalized spacial score (nSPS) is 15.9. The molecule has 3 aromatic rings. The Hall–Kier alpha value is -3.04. The fraction of sp³-hybridized carbons (Fsp3) is 0.345. The van der Waals surface area contributed by atoms with E-state index in [0.717, 1.165) is 5.56 Å². The van der Waals surface area contributed by atoms with Crippen molar-refractivity contribution in [1.82, 2.24) is 14.7 Å². The van der Waals surface area contributed by atoms with Gasteiger partial charge in [0.05, 0.1) is 25.4 Å². The molecule has 40 heavy (non-hydrogen) atoms. The molecule has 0 radical (unpaired) electrons. The van der Waals surface area contributed by atoms with Crippen LogP contribution in [0.25, 0.3) is 6.08 Å². The van der Waals surface area contributed by atoms with Crippen molar-refractivity contribution >= 4 is 58.6 Å². The van der Waals surface area contributed by atoms with E-state index in [9.17, 15) is 9.59 Å². The fourth-order valence-electron chi connectivity index (χ4n) is 4.16. The van der Waals surface area contributed by atoms with Gasteiger partial charge in [-0.2, -0.15) is 5.10 Å². The first-order valence-electron chi connectivity index (χ1n) is 12.8. The van der Waals surface area contributed by atoms with Crippen LogP contribution in [0.4, 0.5) is 10.5 Å². The minimum absolute atomic E-state index is 0.284. The van der Waals surface area contributed by atoms with Crippen molar-refractivity contribution in [2.45, 2.75) is 45.9 Å². The maximum absolute atomic E-state index is 12.6. The summed E-state index contributed by atoms with van der Waals surface area (Å²) in [6.45, 7) is 8.90. The van der Waals surface area contributed by atoms with Gasteiger partial charge in [0, 0.05) is 39.5 Å². The lowest BCUT2D eigenvalue weighted by Gasteiger charge is -2.34. The van der Waals surface area contributed by atoms with Gasteiger partial charge in [0.1, 0.15) is 16.9 Å². The van der Waals surface area contributed by atoms with E-state index in [1.165, 1.54) is 6.08 Å². The third kappa shape index (κ3) is 7.57. The zero-order chi connectivity index (χ0) is 29.0. The van der Waals surface area contributed by atoms with Crippen molar-refractivity contribution in [3.05, 3.63) is 86.1 Å².